The highest BCUT2D eigenvalue weighted by atomic mass is 32.7. The molecule has 0 amide bonds. The van der Waals surface area contributed by atoms with Gasteiger partial charge < -0.3 is 13.6 Å². The summed E-state index contributed by atoms with van der Waals surface area (Å²) in [6, 6.07) is 26.9. The number of phosphoric acid groups is 1. The van der Waals surface area contributed by atoms with Crippen LogP contribution < -0.4 is 9.05 Å². The molecule has 3 aromatic carbocycles. The fourth-order valence-corrected chi connectivity index (χ4v) is 6.74. The van der Waals surface area contributed by atoms with Gasteiger partial charge in [-0.2, -0.15) is 0 Å². The van der Waals surface area contributed by atoms with Crippen LogP contribution in [0.4, 0.5) is 0 Å². The van der Waals surface area contributed by atoms with Crippen molar-refractivity contribution in [2.45, 2.75) is 13.8 Å². The van der Waals surface area contributed by atoms with E-state index in [4.69, 9.17) is 22.6 Å². The maximum atomic E-state index is 13.8. The van der Waals surface area contributed by atoms with Gasteiger partial charge in [0, 0.05) is 16.8 Å². The fourth-order valence-electron chi connectivity index (χ4n) is 2.77. The van der Waals surface area contributed by atoms with Crippen molar-refractivity contribution in [2.24, 2.45) is 0 Å². The fraction of sp³-hybridized carbons (Fsp3) is 0.154. The molecule has 10 heteroatoms. The molecule has 190 valence electrons. The van der Waals surface area contributed by atoms with E-state index < -0.39 is 14.6 Å². The maximum absolute atomic E-state index is 13.8. The Labute approximate surface area is 216 Å². The van der Waals surface area contributed by atoms with Crippen LogP contribution in [-0.2, 0) is 22.7 Å². The Morgan fingerprint density at radius 3 is 1.69 bits per heavy atom. The Morgan fingerprint density at radius 1 is 0.750 bits per heavy atom. The third kappa shape index (κ3) is 9.38. The second kappa shape index (κ2) is 14.1. The summed E-state index contributed by atoms with van der Waals surface area (Å²) in [5.41, 5.74) is 0.879. The van der Waals surface area contributed by atoms with Gasteiger partial charge in [0.2, 0.25) is 0 Å². The average Bonchev–Trinajstić information content (AvgIpc) is 2.88. The number of allylic oxidation sites excluding steroid dienone is 1. The molecule has 0 aliphatic carbocycles. The zero-order valence-electron chi connectivity index (χ0n) is 20.0. The second-order valence-corrected chi connectivity index (χ2v) is 12.3. The molecule has 0 heterocycles. The molecule has 0 saturated heterocycles. The van der Waals surface area contributed by atoms with E-state index in [0.717, 1.165) is 16.9 Å². The van der Waals surface area contributed by atoms with E-state index in [1.165, 1.54) is 5.41 Å². The van der Waals surface area contributed by atoms with E-state index in [2.05, 4.69) is 0 Å². The molecule has 0 unspecified atom stereocenters. The minimum Gasteiger partial charge on any atom is -0.408 e. The minimum atomic E-state index is -3.92. The molecule has 0 aliphatic rings. The van der Waals surface area contributed by atoms with Gasteiger partial charge in [0.05, 0.1) is 13.2 Å². The van der Waals surface area contributed by atoms with Gasteiger partial charge in [-0.25, -0.2) is 9.13 Å². The zero-order chi connectivity index (χ0) is 25.7. The van der Waals surface area contributed by atoms with Crippen molar-refractivity contribution in [1.29, 1.82) is 0 Å². The van der Waals surface area contributed by atoms with Crippen molar-refractivity contribution in [3.63, 3.8) is 0 Å². The molecule has 3 aromatic rings. The van der Waals surface area contributed by atoms with E-state index in [0.29, 0.717) is 11.5 Å². The summed E-state index contributed by atoms with van der Waals surface area (Å²) in [4.78, 5) is 0. The molecule has 0 spiro atoms. The van der Waals surface area contributed by atoms with Crippen molar-refractivity contribution in [3.8, 4) is 11.5 Å². The van der Waals surface area contributed by atoms with Crippen LogP contribution in [0.2, 0.25) is 0 Å². The highest BCUT2D eigenvalue weighted by molar-refractivity contribution is 8.56. The Balaban J connectivity index is 1.93. The number of hydrogen-bond donors (Lipinski definition) is 0. The highest BCUT2D eigenvalue weighted by Crippen LogP contribution is 2.61. The van der Waals surface area contributed by atoms with Crippen LogP contribution in [0, 0.1) is 0 Å². The highest BCUT2D eigenvalue weighted by Gasteiger charge is 2.31. The van der Waals surface area contributed by atoms with Crippen molar-refractivity contribution >= 4 is 32.1 Å². The number of phosphoric ester groups is 1. The Kier molecular flexibility index (Phi) is 10.9. The monoisotopic (exact) mass is 546 g/mol. The van der Waals surface area contributed by atoms with Gasteiger partial charge in [-0.05, 0) is 49.8 Å². The molecule has 0 radical (unpaired) electrons. The first kappa shape index (κ1) is 27.9. The van der Waals surface area contributed by atoms with Crippen LogP contribution in [0.5, 0.6) is 11.5 Å². The summed E-state index contributed by atoms with van der Waals surface area (Å²) in [6.45, 7) is -0.252. The van der Waals surface area contributed by atoms with Gasteiger partial charge in [-0.3, -0.25) is 9.05 Å². The second-order valence-electron chi connectivity index (χ2n) is 7.00. The molecule has 0 bridgehead atoms. The third-order valence-corrected chi connectivity index (χ3v) is 8.84. The van der Waals surface area contributed by atoms with Crippen LogP contribution >= 0.6 is 26.0 Å². The summed E-state index contributed by atoms with van der Waals surface area (Å²) in [5, 5.41) is 1.41. The maximum Gasteiger partial charge on any atom is 0.530 e. The van der Waals surface area contributed by atoms with Crippen LogP contribution in [-0.4, -0.2) is 13.2 Å². The van der Waals surface area contributed by atoms with E-state index in [1.807, 2.05) is 42.5 Å². The molecular weight excluding hydrogens is 518 g/mol. The molecule has 0 atom stereocenters. The lowest BCUT2D eigenvalue weighted by Gasteiger charge is -2.20. The van der Waals surface area contributed by atoms with Crippen LogP contribution in [0.1, 0.15) is 19.4 Å². The minimum absolute atomic E-state index is 0.0997. The summed E-state index contributed by atoms with van der Waals surface area (Å²) < 4.78 is 54.7. The van der Waals surface area contributed by atoms with E-state index in [1.54, 1.807) is 74.5 Å². The van der Waals surface area contributed by atoms with Crippen LogP contribution in [0.15, 0.2) is 108 Å². The van der Waals surface area contributed by atoms with E-state index >= 15 is 0 Å². The number of para-hydroxylation sites is 2. The first-order valence-electron chi connectivity index (χ1n) is 11.2. The van der Waals surface area contributed by atoms with Crippen molar-refractivity contribution in [2.75, 3.05) is 13.2 Å². The third-order valence-electron chi connectivity index (χ3n) is 4.25. The Bertz CT molecular complexity index is 1160. The molecule has 36 heavy (non-hydrogen) atoms. The summed E-state index contributed by atoms with van der Waals surface area (Å²) in [5.74, 6) is 0.839. The number of benzene rings is 3. The summed E-state index contributed by atoms with van der Waals surface area (Å²) >= 11 is 0.774. The van der Waals surface area contributed by atoms with Crippen molar-refractivity contribution in [1.82, 2.24) is 0 Å². The number of hydrogen-bond acceptors (Lipinski definition) is 8. The standard InChI is InChI=1S/C26H28O7P2S/c1-3-29-34(27,30-4-2)31-26(21-20-23-14-8-5-9-15-23)22-36-35(28,32-24-16-10-6-11-17-24)33-25-18-12-7-13-19-25/h5-22H,3-4H2,1-2H3/b21-20+,26-22-. The Hall–Kier alpha value is -2.73. The molecule has 0 saturated carbocycles. The normalized spacial score (nSPS) is 12.4. The smallest absolute Gasteiger partial charge is 0.408 e. The predicted molar refractivity (Wildman–Crippen MR) is 145 cm³/mol. The van der Waals surface area contributed by atoms with Crippen molar-refractivity contribution < 1.29 is 31.7 Å². The van der Waals surface area contributed by atoms with E-state index in [-0.39, 0.29) is 19.0 Å². The van der Waals surface area contributed by atoms with Crippen LogP contribution in [0.25, 0.3) is 6.08 Å². The van der Waals surface area contributed by atoms with Crippen molar-refractivity contribution in [3.05, 3.63) is 114 Å². The molecular formula is C26H28O7P2S. The van der Waals surface area contributed by atoms with E-state index in [9.17, 15) is 9.13 Å². The molecule has 0 fully saturated rings. The van der Waals surface area contributed by atoms with Gasteiger partial charge in [-0.1, -0.05) is 72.8 Å². The largest absolute Gasteiger partial charge is 0.530 e. The SMILES string of the molecule is CCOP(=O)(OCC)OC(=C\SP(=O)(Oc1ccccc1)Oc1ccccc1)/C=C/c1ccccc1. The lowest BCUT2D eigenvalue weighted by molar-refractivity contribution is 0.148. The lowest BCUT2D eigenvalue weighted by Crippen LogP contribution is -2.00. The summed E-state index contributed by atoms with van der Waals surface area (Å²) in [7, 11) is -3.92. The predicted octanol–water partition coefficient (Wildman–Crippen LogP) is 8.74. The topological polar surface area (TPSA) is 80.3 Å². The van der Waals surface area contributed by atoms with Gasteiger partial charge in [-0.15, -0.1) is 0 Å². The van der Waals surface area contributed by atoms with Crippen LogP contribution in [0.3, 0.4) is 0 Å². The molecule has 3 rings (SSSR count). The van der Waals surface area contributed by atoms with Gasteiger partial charge in [0.25, 0.3) is 0 Å². The first-order valence-corrected chi connectivity index (χ1v) is 15.7. The van der Waals surface area contributed by atoms with Gasteiger partial charge in [0.15, 0.2) is 0 Å². The Morgan fingerprint density at radius 2 is 1.22 bits per heavy atom. The first-order chi connectivity index (χ1) is 17.4. The molecule has 7 nitrogen and oxygen atoms in total. The quantitative estimate of drug-likeness (QED) is 0.113. The van der Waals surface area contributed by atoms with Gasteiger partial charge in [0.1, 0.15) is 17.3 Å². The molecule has 0 N–H and O–H groups in total. The number of rotatable bonds is 14. The average molecular weight is 547 g/mol. The zero-order valence-corrected chi connectivity index (χ0v) is 22.6. The lowest BCUT2D eigenvalue weighted by atomic mass is 10.2. The van der Waals surface area contributed by atoms with Gasteiger partial charge >= 0.3 is 14.6 Å². The summed E-state index contributed by atoms with van der Waals surface area (Å²) in [6.07, 6.45) is 3.35. The molecule has 0 aliphatic heterocycles. The molecule has 0 aromatic heterocycles.